The molecule has 0 saturated carbocycles. The standard InChI is InChI=1S/C7H6N4O3/c8-7-9-3-4(10-7)5-1-2-6(14-5)11(12)13/h1-3H,(H3,8,9,10). The predicted octanol–water partition coefficient (Wildman–Crippen LogP) is 1.16. The molecule has 2 aromatic heterocycles. The molecule has 0 aromatic carbocycles. The highest BCUT2D eigenvalue weighted by Gasteiger charge is 2.13. The lowest BCUT2D eigenvalue weighted by Gasteiger charge is -1.87. The fraction of sp³-hybridized carbons (Fsp3) is 0. The molecule has 0 aliphatic heterocycles. The topological polar surface area (TPSA) is 111 Å². The van der Waals surface area contributed by atoms with E-state index in [1.807, 2.05) is 0 Å². The summed E-state index contributed by atoms with van der Waals surface area (Å²) in [6, 6.07) is 2.75. The first kappa shape index (κ1) is 8.30. The molecule has 7 heteroatoms. The number of hydrogen-bond acceptors (Lipinski definition) is 5. The van der Waals surface area contributed by atoms with E-state index in [0.29, 0.717) is 11.5 Å². The molecule has 0 spiro atoms. The quantitative estimate of drug-likeness (QED) is 0.550. The fourth-order valence-electron chi connectivity index (χ4n) is 1.03. The number of imidazole rings is 1. The van der Waals surface area contributed by atoms with Crippen LogP contribution >= 0.6 is 0 Å². The van der Waals surface area contributed by atoms with Gasteiger partial charge in [0.1, 0.15) is 10.6 Å². The number of nitrogens with two attached hydrogens (primary N) is 1. The molecule has 0 amide bonds. The van der Waals surface area contributed by atoms with Gasteiger partial charge in [-0.25, -0.2) is 4.98 Å². The minimum Gasteiger partial charge on any atom is -0.399 e. The number of rotatable bonds is 2. The van der Waals surface area contributed by atoms with Gasteiger partial charge in [0.25, 0.3) is 0 Å². The van der Waals surface area contributed by atoms with Crippen LogP contribution in [0.15, 0.2) is 22.7 Å². The molecule has 0 atom stereocenters. The number of aromatic amines is 1. The summed E-state index contributed by atoms with van der Waals surface area (Å²) in [5, 5.41) is 10.3. The molecule has 0 aliphatic carbocycles. The van der Waals surface area contributed by atoms with Gasteiger partial charge in [0.2, 0.25) is 0 Å². The summed E-state index contributed by atoms with van der Waals surface area (Å²) in [6.45, 7) is 0. The molecule has 0 aliphatic rings. The van der Waals surface area contributed by atoms with Crippen LogP contribution in [-0.2, 0) is 0 Å². The second-order valence-electron chi connectivity index (χ2n) is 2.58. The van der Waals surface area contributed by atoms with Gasteiger partial charge in [-0.05, 0) is 6.07 Å². The Labute approximate surface area is 77.7 Å². The van der Waals surface area contributed by atoms with Gasteiger partial charge in [-0.2, -0.15) is 0 Å². The Morgan fingerprint density at radius 2 is 2.36 bits per heavy atom. The summed E-state index contributed by atoms with van der Waals surface area (Å²) >= 11 is 0. The summed E-state index contributed by atoms with van der Waals surface area (Å²) in [7, 11) is 0. The maximum Gasteiger partial charge on any atom is 0.433 e. The van der Waals surface area contributed by atoms with Crippen LogP contribution in [0.25, 0.3) is 11.5 Å². The molecule has 14 heavy (non-hydrogen) atoms. The molecule has 3 N–H and O–H groups in total. The molecule has 0 saturated heterocycles. The van der Waals surface area contributed by atoms with E-state index >= 15 is 0 Å². The van der Waals surface area contributed by atoms with Crippen molar-refractivity contribution in [2.45, 2.75) is 0 Å². The summed E-state index contributed by atoms with van der Waals surface area (Å²) in [6.07, 6.45) is 1.44. The van der Waals surface area contributed by atoms with Gasteiger partial charge in [-0.1, -0.05) is 0 Å². The lowest BCUT2D eigenvalue weighted by molar-refractivity contribution is -0.401. The number of nitrogen functional groups attached to an aromatic ring is 1. The number of nitrogens with one attached hydrogen (secondary N) is 1. The highest BCUT2D eigenvalue weighted by atomic mass is 16.6. The van der Waals surface area contributed by atoms with Gasteiger partial charge < -0.3 is 15.1 Å². The van der Waals surface area contributed by atoms with Crippen LogP contribution in [0.5, 0.6) is 0 Å². The van der Waals surface area contributed by atoms with E-state index in [0.717, 1.165) is 0 Å². The van der Waals surface area contributed by atoms with E-state index < -0.39 is 4.92 Å². The lowest BCUT2D eigenvalue weighted by Crippen LogP contribution is -1.85. The number of furan rings is 1. The minimum absolute atomic E-state index is 0.235. The van der Waals surface area contributed by atoms with Crippen LogP contribution in [0.1, 0.15) is 0 Å². The van der Waals surface area contributed by atoms with E-state index in [4.69, 9.17) is 10.2 Å². The van der Waals surface area contributed by atoms with Crippen molar-refractivity contribution in [1.29, 1.82) is 0 Å². The van der Waals surface area contributed by atoms with Crippen molar-refractivity contribution in [1.82, 2.24) is 9.97 Å². The molecule has 2 rings (SSSR count). The third-order valence-corrected chi connectivity index (χ3v) is 1.63. The minimum atomic E-state index is -0.608. The fourth-order valence-corrected chi connectivity index (χ4v) is 1.03. The normalized spacial score (nSPS) is 10.3. The third-order valence-electron chi connectivity index (χ3n) is 1.63. The second kappa shape index (κ2) is 2.87. The van der Waals surface area contributed by atoms with Gasteiger partial charge in [0.05, 0.1) is 12.3 Å². The molecular weight excluding hydrogens is 188 g/mol. The first-order chi connectivity index (χ1) is 6.66. The van der Waals surface area contributed by atoms with Crippen LogP contribution in [0.2, 0.25) is 0 Å². The summed E-state index contributed by atoms with van der Waals surface area (Å²) in [4.78, 5) is 16.1. The largest absolute Gasteiger partial charge is 0.433 e. The summed E-state index contributed by atoms with van der Waals surface area (Å²) in [5.41, 5.74) is 5.85. The number of nitro groups is 1. The number of H-pyrrole nitrogens is 1. The molecular formula is C7H6N4O3. The maximum absolute atomic E-state index is 10.3. The molecule has 2 aromatic rings. The number of nitrogens with zero attached hydrogens (tertiary/aromatic N) is 2. The summed E-state index contributed by atoms with van der Waals surface area (Å²) in [5.74, 6) is 0.258. The van der Waals surface area contributed by atoms with Crippen LogP contribution in [0.4, 0.5) is 11.8 Å². The van der Waals surface area contributed by atoms with Crippen LogP contribution in [0, 0.1) is 10.1 Å². The highest BCUT2D eigenvalue weighted by molar-refractivity contribution is 5.54. The average Bonchev–Trinajstić information content (AvgIpc) is 2.70. The van der Waals surface area contributed by atoms with Crippen molar-refractivity contribution in [3.63, 3.8) is 0 Å². The van der Waals surface area contributed by atoms with Gasteiger partial charge >= 0.3 is 5.88 Å². The Kier molecular flexibility index (Phi) is 1.70. The van der Waals surface area contributed by atoms with E-state index in [1.165, 1.54) is 18.3 Å². The number of hydrogen-bond donors (Lipinski definition) is 2. The Morgan fingerprint density at radius 1 is 1.57 bits per heavy atom. The first-order valence-corrected chi connectivity index (χ1v) is 3.72. The SMILES string of the molecule is Nc1ncc(-c2ccc([N+](=O)[O-])o2)[nH]1. The smallest absolute Gasteiger partial charge is 0.399 e. The molecule has 7 nitrogen and oxygen atoms in total. The highest BCUT2D eigenvalue weighted by Crippen LogP contribution is 2.24. The molecule has 0 radical (unpaired) electrons. The average molecular weight is 194 g/mol. The monoisotopic (exact) mass is 194 g/mol. The van der Waals surface area contributed by atoms with Crippen LogP contribution in [-0.4, -0.2) is 14.9 Å². The Bertz CT molecular complexity index is 473. The van der Waals surface area contributed by atoms with Gasteiger partial charge in [-0.15, -0.1) is 0 Å². The van der Waals surface area contributed by atoms with Crippen molar-refractivity contribution >= 4 is 11.8 Å². The van der Waals surface area contributed by atoms with E-state index in [1.54, 1.807) is 0 Å². The zero-order valence-electron chi connectivity index (χ0n) is 6.93. The molecule has 0 fully saturated rings. The van der Waals surface area contributed by atoms with Crippen molar-refractivity contribution in [3.8, 4) is 11.5 Å². The number of aromatic nitrogens is 2. The van der Waals surface area contributed by atoms with Crippen LogP contribution in [0.3, 0.4) is 0 Å². The molecule has 2 heterocycles. The van der Waals surface area contributed by atoms with Gasteiger partial charge in [0.15, 0.2) is 11.7 Å². The van der Waals surface area contributed by atoms with E-state index in [9.17, 15) is 10.1 Å². The predicted molar refractivity (Wildman–Crippen MR) is 47.4 cm³/mol. The lowest BCUT2D eigenvalue weighted by atomic mass is 10.4. The zero-order valence-corrected chi connectivity index (χ0v) is 6.93. The van der Waals surface area contributed by atoms with Crippen LogP contribution < -0.4 is 5.73 Å². The third kappa shape index (κ3) is 1.30. The zero-order chi connectivity index (χ0) is 10.1. The number of anilines is 1. The summed E-state index contributed by atoms with van der Waals surface area (Å²) < 4.78 is 4.92. The molecule has 72 valence electrons. The Morgan fingerprint density at radius 3 is 2.86 bits per heavy atom. The first-order valence-electron chi connectivity index (χ1n) is 3.72. The van der Waals surface area contributed by atoms with Crippen molar-refractivity contribution in [2.75, 3.05) is 5.73 Å². The van der Waals surface area contributed by atoms with E-state index in [-0.39, 0.29) is 11.8 Å². The van der Waals surface area contributed by atoms with Crippen molar-refractivity contribution < 1.29 is 9.34 Å². The van der Waals surface area contributed by atoms with Gasteiger partial charge in [0, 0.05) is 0 Å². The Hall–Kier alpha value is -2.31. The van der Waals surface area contributed by atoms with Crippen molar-refractivity contribution in [3.05, 3.63) is 28.4 Å². The van der Waals surface area contributed by atoms with Crippen molar-refractivity contribution in [2.24, 2.45) is 0 Å². The molecule has 0 unspecified atom stereocenters. The second-order valence-corrected chi connectivity index (χ2v) is 2.58. The Balaban J connectivity index is 2.38. The molecule has 0 bridgehead atoms. The van der Waals surface area contributed by atoms with E-state index in [2.05, 4.69) is 9.97 Å². The maximum atomic E-state index is 10.3. The van der Waals surface area contributed by atoms with Gasteiger partial charge in [-0.3, -0.25) is 10.1 Å².